The molecule has 2 aromatic rings. The monoisotopic (exact) mass is 542 g/mol. The molecule has 0 atom stereocenters. The van der Waals surface area contributed by atoms with Crippen LogP contribution in [0.25, 0.3) is 0 Å². The molecule has 0 saturated carbocycles. The summed E-state index contributed by atoms with van der Waals surface area (Å²) in [6, 6.07) is 5.52. The number of methoxy groups -OCH3 is 3. The quantitative estimate of drug-likeness (QED) is 0.325. The van der Waals surface area contributed by atoms with E-state index in [1.165, 1.54) is 0 Å². The smallest absolute Gasteiger partial charge is 0.225 e. The maximum atomic E-state index is 5.55. The van der Waals surface area contributed by atoms with Crippen LogP contribution in [0.4, 0.5) is 5.95 Å². The van der Waals surface area contributed by atoms with Gasteiger partial charge in [-0.2, -0.15) is 0 Å². The summed E-state index contributed by atoms with van der Waals surface area (Å²) in [5.41, 5.74) is 0.882. The van der Waals surface area contributed by atoms with E-state index in [1.54, 1.807) is 33.7 Å². The van der Waals surface area contributed by atoms with Crippen molar-refractivity contribution >= 4 is 35.9 Å². The van der Waals surface area contributed by atoms with Gasteiger partial charge in [0.25, 0.3) is 0 Å². The number of ether oxygens (including phenoxy) is 3. The molecule has 0 spiro atoms. The molecule has 0 bridgehead atoms. The van der Waals surface area contributed by atoms with E-state index in [1.807, 2.05) is 18.2 Å². The molecule has 0 amide bonds. The number of anilines is 1. The first-order valence-corrected chi connectivity index (χ1v) is 10.0. The molecule has 0 radical (unpaired) electrons. The highest BCUT2D eigenvalue weighted by Crippen LogP contribution is 2.34. The van der Waals surface area contributed by atoms with Crippen molar-refractivity contribution in [3.63, 3.8) is 0 Å². The number of benzene rings is 1. The van der Waals surface area contributed by atoms with E-state index in [2.05, 4.69) is 32.0 Å². The summed E-state index contributed by atoms with van der Waals surface area (Å²) in [7, 11) is 4.89. The van der Waals surface area contributed by atoms with Gasteiger partial charge in [0.05, 0.1) is 33.4 Å². The van der Waals surface area contributed by atoms with Crippen LogP contribution >= 0.6 is 24.0 Å². The molecule has 1 aliphatic heterocycles. The summed E-state index contributed by atoms with van der Waals surface area (Å²) in [6.45, 7) is 6.63. The number of rotatable bonds is 7. The number of halogens is 1. The second kappa shape index (κ2) is 12.4. The first-order chi connectivity index (χ1) is 14.7. The first kappa shape index (κ1) is 24.8. The van der Waals surface area contributed by atoms with Gasteiger partial charge >= 0.3 is 0 Å². The van der Waals surface area contributed by atoms with Crippen LogP contribution in [0.15, 0.2) is 35.6 Å². The average Bonchev–Trinajstić information content (AvgIpc) is 2.82. The molecular formula is C21H31IN6O3. The van der Waals surface area contributed by atoms with Gasteiger partial charge in [0.2, 0.25) is 5.95 Å². The molecule has 1 aromatic heterocycles. The van der Waals surface area contributed by atoms with E-state index in [0.29, 0.717) is 23.8 Å². The molecule has 1 fully saturated rings. The van der Waals surface area contributed by atoms with Crippen LogP contribution < -0.4 is 24.4 Å². The molecule has 0 unspecified atom stereocenters. The Morgan fingerprint density at radius 1 is 1.00 bits per heavy atom. The zero-order chi connectivity index (χ0) is 21.3. The Kier molecular flexibility index (Phi) is 9.89. The molecule has 1 aliphatic rings. The van der Waals surface area contributed by atoms with E-state index < -0.39 is 0 Å². The van der Waals surface area contributed by atoms with Crippen molar-refractivity contribution in [2.75, 3.05) is 59.0 Å². The summed E-state index contributed by atoms with van der Waals surface area (Å²) in [5.74, 6) is 3.70. The fourth-order valence-corrected chi connectivity index (χ4v) is 3.39. The number of nitrogens with one attached hydrogen (secondary N) is 1. The van der Waals surface area contributed by atoms with Crippen molar-refractivity contribution in [3.05, 3.63) is 36.2 Å². The standard InChI is InChI=1S/C21H30N6O3.HI/c1-5-22-20(26-9-11-27(12-10-26)21-23-7-6-8-24-21)25-15-17-18(29-3)13-16(28-2)14-19(17)30-4;/h6-8,13-14H,5,9-12,15H2,1-4H3,(H,22,25);1H. The Hall–Kier alpha value is -2.50. The van der Waals surface area contributed by atoms with Crippen LogP contribution in [-0.4, -0.2) is 74.9 Å². The number of guanidine groups is 1. The maximum Gasteiger partial charge on any atom is 0.225 e. The highest BCUT2D eigenvalue weighted by atomic mass is 127. The Balaban J connectivity index is 0.00000341. The topological polar surface area (TPSA) is 84.3 Å². The third-order valence-electron chi connectivity index (χ3n) is 4.95. The lowest BCUT2D eigenvalue weighted by molar-refractivity contribution is 0.364. The minimum atomic E-state index is 0. The number of hydrogen-bond donors (Lipinski definition) is 1. The molecule has 2 heterocycles. The normalized spacial score (nSPS) is 14.0. The molecule has 0 aliphatic carbocycles. The van der Waals surface area contributed by atoms with Crippen molar-refractivity contribution in [3.8, 4) is 17.2 Å². The highest BCUT2D eigenvalue weighted by Gasteiger charge is 2.21. The molecule has 1 saturated heterocycles. The summed E-state index contributed by atoms with van der Waals surface area (Å²) in [5, 5.41) is 3.39. The van der Waals surface area contributed by atoms with Crippen LogP contribution in [0.1, 0.15) is 12.5 Å². The van der Waals surface area contributed by atoms with Crippen molar-refractivity contribution in [2.24, 2.45) is 4.99 Å². The summed E-state index contributed by atoms with van der Waals surface area (Å²) >= 11 is 0. The van der Waals surface area contributed by atoms with Gasteiger partial charge in [-0.15, -0.1) is 24.0 Å². The molecule has 31 heavy (non-hydrogen) atoms. The minimum Gasteiger partial charge on any atom is -0.496 e. The van der Waals surface area contributed by atoms with E-state index >= 15 is 0 Å². The molecule has 1 aromatic carbocycles. The third kappa shape index (κ3) is 6.25. The van der Waals surface area contributed by atoms with Crippen molar-refractivity contribution in [1.82, 2.24) is 20.2 Å². The van der Waals surface area contributed by atoms with Gasteiger partial charge in [-0.3, -0.25) is 0 Å². The Labute approximate surface area is 200 Å². The Morgan fingerprint density at radius 2 is 1.61 bits per heavy atom. The predicted octanol–water partition coefficient (Wildman–Crippen LogP) is 2.41. The zero-order valence-corrected chi connectivity index (χ0v) is 20.8. The molecular weight excluding hydrogens is 511 g/mol. The van der Waals surface area contributed by atoms with Crippen LogP contribution in [-0.2, 0) is 6.54 Å². The van der Waals surface area contributed by atoms with Crippen molar-refractivity contribution in [1.29, 1.82) is 0 Å². The highest BCUT2D eigenvalue weighted by molar-refractivity contribution is 14.0. The van der Waals surface area contributed by atoms with Gasteiger partial charge in [-0.05, 0) is 13.0 Å². The van der Waals surface area contributed by atoms with Gasteiger partial charge in [0, 0.05) is 57.3 Å². The van der Waals surface area contributed by atoms with Gasteiger partial charge in [0.1, 0.15) is 17.2 Å². The van der Waals surface area contributed by atoms with E-state index in [-0.39, 0.29) is 24.0 Å². The lowest BCUT2D eigenvalue weighted by Crippen LogP contribution is -2.53. The molecule has 3 rings (SSSR count). The van der Waals surface area contributed by atoms with Crippen molar-refractivity contribution in [2.45, 2.75) is 13.5 Å². The molecule has 170 valence electrons. The largest absolute Gasteiger partial charge is 0.496 e. The number of aromatic nitrogens is 2. The van der Waals surface area contributed by atoms with Crippen LogP contribution in [0.3, 0.4) is 0 Å². The molecule has 1 N–H and O–H groups in total. The molecule has 10 heteroatoms. The Morgan fingerprint density at radius 3 is 2.13 bits per heavy atom. The van der Waals surface area contributed by atoms with Gasteiger partial charge in [-0.1, -0.05) is 0 Å². The average molecular weight is 542 g/mol. The third-order valence-corrected chi connectivity index (χ3v) is 4.95. The fourth-order valence-electron chi connectivity index (χ4n) is 3.39. The second-order valence-electron chi connectivity index (χ2n) is 6.70. The van der Waals surface area contributed by atoms with Gasteiger partial charge in [-0.25, -0.2) is 15.0 Å². The zero-order valence-electron chi connectivity index (χ0n) is 18.5. The summed E-state index contributed by atoms with van der Waals surface area (Å²) in [6.07, 6.45) is 3.55. The number of hydrogen-bond acceptors (Lipinski definition) is 7. The van der Waals surface area contributed by atoms with Crippen molar-refractivity contribution < 1.29 is 14.2 Å². The maximum absolute atomic E-state index is 5.55. The van der Waals surface area contributed by atoms with E-state index in [0.717, 1.165) is 50.2 Å². The summed E-state index contributed by atoms with van der Waals surface area (Å²) < 4.78 is 16.4. The predicted molar refractivity (Wildman–Crippen MR) is 132 cm³/mol. The van der Waals surface area contributed by atoms with Gasteiger partial charge < -0.3 is 29.3 Å². The number of piperazine rings is 1. The van der Waals surface area contributed by atoms with Crippen LogP contribution in [0, 0.1) is 0 Å². The number of nitrogens with zero attached hydrogens (tertiary/aromatic N) is 5. The van der Waals surface area contributed by atoms with Crippen LogP contribution in [0.5, 0.6) is 17.2 Å². The van der Waals surface area contributed by atoms with Gasteiger partial charge in [0.15, 0.2) is 5.96 Å². The van der Waals surface area contributed by atoms with Crippen LogP contribution in [0.2, 0.25) is 0 Å². The summed E-state index contributed by atoms with van der Waals surface area (Å²) in [4.78, 5) is 18.0. The van der Waals surface area contributed by atoms with E-state index in [4.69, 9.17) is 19.2 Å². The minimum absolute atomic E-state index is 0. The lowest BCUT2D eigenvalue weighted by Gasteiger charge is -2.36. The Bertz CT molecular complexity index is 819. The van der Waals surface area contributed by atoms with E-state index in [9.17, 15) is 0 Å². The second-order valence-corrected chi connectivity index (χ2v) is 6.70. The molecule has 9 nitrogen and oxygen atoms in total. The SMILES string of the molecule is CCNC(=NCc1c(OC)cc(OC)cc1OC)N1CCN(c2ncccn2)CC1.I. The lowest BCUT2D eigenvalue weighted by atomic mass is 10.1. The number of aliphatic imine (C=N–C) groups is 1. The first-order valence-electron chi connectivity index (χ1n) is 10.0. The fraction of sp³-hybridized carbons (Fsp3) is 0.476.